The van der Waals surface area contributed by atoms with Gasteiger partial charge in [-0.1, -0.05) is 36.1 Å². The zero-order valence-electron chi connectivity index (χ0n) is 19.6. The van der Waals surface area contributed by atoms with Crippen molar-refractivity contribution >= 4 is 5.91 Å². The predicted molar refractivity (Wildman–Crippen MR) is 132 cm³/mol. The number of aromatic nitrogens is 2. The molecule has 1 aliphatic rings. The fraction of sp³-hybridized carbons (Fsp3) is 0.296. The number of ether oxygens (including phenoxy) is 1. The molecule has 8 nitrogen and oxygen atoms in total. The largest absolute Gasteiger partial charge is 0.502 e. The van der Waals surface area contributed by atoms with Crippen LogP contribution in [0.2, 0.25) is 0 Å². The highest BCUT2D eigenvalue weighted by molar-refractivity contribution is 5.80. The highest BCUT2D eigenvalue weighted by Gasteiger charge is 2.22. The number of nitrogens with one attached hydrogen (secondary N) is 1. The number of carbonyl (C=O) groups is 1. The summed E-state index contributed by atoms with van der Waals surface area (Å²) in [4.78, 5) is 30.9. The molecule has 1 aliphatic heterocycles. The summed E-state index contributed by atoms with van der Waals surface area (Å²) in [6, 6.07) is 15.0. The highest BCUT2D eigenvalue weighted by atomic mass is 16.5. The minimum Gasteiger partial charge on any atom is -0.502 e. The Morgan fingerprint density at radius 2 is 1.66 bits per heavy atom. The average Bonchev–Trinajstić information content (AvgIpc) is 2.89. The van der Waals surface area contributed by atoms with Gasteiger partial charge in [-0.15, -0.1) is 0 Å². The summed E-state index contributed by atoms with van der Waals surface area (Å²) < 4.78 is 6.54. The quantitative estimate of drug-likeness (QED) is 0.531. The number of morpholine rings is 1. The van der Waals surface area contributed by atoms with Crippen LogP contribution in [-0.4, -0.2) is 58.8 Å². The van der Waals surface area contributed by atoms with E-state index in [4.69, 9.17) is 4.74 Å². The molecule has 2 heterocycles. The summed E-state index contributed by atoms with van der Waals surface area (Å²) in [5.41, 5.74) is 3.24. The van der Waals surface area contributed by atoms with Crippen molar-refractivity contribution < 1.29 is 14.6 Å². The molecular formula is C27H28N4O4. The van der Waals surface area contributed by atoms with Crippen LogP contribution in [0, 0.1) is 11.8 Å². The summed E-state index contributed by atoms with van der Waals surface area (Å²) in [6.07, 6.45) is 2.59. The fourth-order valence-corrected chi connectivity index (χ4v) is 3.92. The molecule has 8 heteroatoms. The smallest absolute Gasteiger partial charge is 0.296 e. The van der Waals surface area contributed by atoms with Crippen molar-refractivity contribution in [2.24, 2.45) is 0 Å². The summed E-state index contributed by atoms with van der Waals surface area (Å²) >= 11 is 0. The number of likely N-dealkylation sites (N-methyl/N-ethyl adjacent to an activating group) is 1. The molecule has 3 aromatic rings. The summed E-state index contributed by atoms with van der Waals surface area (Å²) in [7, 11) is 1.50. The van der Waals surface area contributed by atoms with E-state index in [2.05, 4.69) is 39.2 Å². The predicted octanol–water partition coefficient (Wildman–Crippen LogP) is 1.71. The second-order valence-corrected chi connectivity index (χ2v) is 8.36. The van der Waals surface area contributed by atoms with Crippen molar-refractivity contribution in [3.63, 3.8) is 0 Å². The van der Waals surface area contributed by atoms with E-state index in [1.165, 1.54) is 18.9 Å². The Kier molecular flexibility index (Phi) is 7.93. The molecule has 1 unspecified atom stereocenters. The van der Waals surface area contributed by atoms with Gasteiger partial charge in [-0.3, -0.25) is 19.1 Å². The maximum atomic E-state index is 12.4. The van der Waals surface area contributed by atoms with Crippen LogP contribution in [-0.2, 0) is 22.5 Å². The Morgan fingerprint density at radius 1 is 1.06 bits per heavy atom. The molecule has 0 radical (unpaired) electrons. The van der Waals surface area contributed by atoms with Crippen molar-refractivity contribution in [2.45, 2.75) is 19.0 Å². The lowest BCUT2D eigenvalue weighted by atomic mass is 10.0. The number of aromatic hydroxyl groups is 1. The molecule has 1 atom stereocenters. The Morgan fingerprint density at radius 3 is 2.26 bits per heavy atom. The van der Waals surface area contributed by atoms with E-state index in [1.54, 1.807) is 0 Å². The van der Waals surface area contributed by atoms with Crippen LogP contribution < -0.4 is 10.9 Å². The Bertz CT molecular complexity index is 1270. The summed E-state index contributed by atoms with van der Waals surface area (Å²) in [5, 5.41) is 12.3. The Balaban J connectivity index is 1.42. The first-order chi connectivity index (χ1) is 17.0. The monoisotopic (exact) mass is 472 g/mol. The van der Waals surface area contributed by atoms with E-state index in [0.717, 1.165) is 60.3 Å². The lowest BCUT2D eigenvalue weighted by Crippen LogP contribution is -2.36. The van der Waals surface area contributed by atoms with Gasteiger partial charge in [0, 0.05) is 44.2 Å². The van der Waals surface area contributed by atoms with Gasteiger partial charge in [0.25, 0.3) is 5.56 Å². The number of benzene rings is 2. The van der Waals surface area contributed by atoms with Crippen molar-refractivity contribution in [3.8, 4) is 17.6 Å². The van der Waals surface area contributed by atoms with E-state index in [-0.39, 0.29) is 12.3 Å². The van der Waals surface area contributed by atoms with Crippen molar-refractivity contribution in [1.29, 1.82) is 0 Å². The molecule has 1 saturated heterocycles. The van der Waals surface area contributed by atoms with Gasteiger partial charge in [-0.05, 0) is 35.4 Å². The average molecular weight is 473 g/mol. The normalized spacial score (nSPS) is 14.5. The summed E-state index contributed by atoms with van der Waals surface area (Å²) in [6.45, 7) is 4.42. The number of hydrogen-bond donors (Lipinski definition) is 2. The van der Waals surface area contributed by atoms with Crippen LogP contribution in [0.5, 0.6) is 5.75 Å². The van der Waals surface area contributed by atoms with Gasteiger partial charge in [0.15, 0.2) is 5.75 Å². The van der Waals surface area contributed by atoms with Gasteiger partial charge < -0.3 is 15.2 Å². The maximum absolute atomic E-state index is 12.4. The molecule has 0 saturated carbocycles. The molecule has 0 spiro atoms. The topological polar surface area (TPSA) is 96.7 Å². The number of hydrogen-bond acceptors (Lipinski definition) is 6. The molecule has 180 valence electrons. The first-order valence-corrected chi connectivity index (χ1v) is 11.5. The van der Waals surface area contributed by atoms with Gasteiger partial charge >= 0.3 is 0 Å². The Labute approximate surface area is 204 Å². The lowest BCUT2D eigenvalue weighted by Gasteiger charge is -2.26. The molecule has 2 aromatic carbocycles. The van der Waals surface area contributed by atoms with Crippen LogP contribution in [0.1, 0.15) is 28.3 Å². The molecule has 35 heavy (non-hydrogen) atoms. The highest BCUT2D eigenvalue weighted by Crippen LogP contribution is 2.15. The number of amides is 1. The molecule has 2 N–H and O–H groups in total. The van der Waals surface area contributed by atoms with Crippen LogP contribution >= 0.6 is 0 Å². The number of rotatable bonds is 6. The van der Waals surface area contributed by atoms with E-state index >= 15 is 0 Å². The lowest BCUT2D eigenvalue weighted by molar-refractivity contribution is -0.123. The third-order valence-corrected chi connectivity index (χ3v) is 5.92. The Hall–Kier alpha value is -3.93. The summed E-state index contributed by atoms with van der Waals surface area (Å²) in [5.74, 6) is 5.51. The first kappa shape index (κ1) is 24.2. The zero-order valence-corrected chi connectivity index (χ0v) is 19.6. The van der Waals surface area contributed by atoms with E-state index in [1.807, 2.05) is 36.4 Å². The minimum atomic E-state index is -0.833. The first-order valence-electron chi connectivity index (χ1n) is 11.5. The third-order valence-electron chi connectivity index (χ3n) is 5.92. The van der Waals surface area contributed by atoms with Gasteiger partial charge in [-0.2, -0.15) is 0 Å². The van der Waals surface area contributed by atoms with Crippen LogP contribution in [0.15, 0.2) is 65.8 Å². The second-order valence-electron chi connectivity index (χ2n) is 8.36. The third kappa shape index (κ3) is 6.35. The van der Waals surface area contributed by atoms with E-state index in [9.17, 15) is 14.7 Å². The van der Waals surface area contributed by atoms with Gasteiger partial charge in [0.05, 0.1) is 25.7 Å². The minimum absolute atomic E-state index is 0.267. The van der Waals surface area contributed by atoms with E-state index < -0.39 is 17.4 Å². The molecule has 1 aromatic heterocycles. The van der Waals surface area contributed by atoms with Gasteiger partial charge in [-0.25, -0.2) is 4.98 Å². The number of carbonyl (C=O) groups excluding carboxylic acids is 1. The molecular weight excluding hydrogens is 444 g/mol. The van der Waals surface area contributed by atoms with Crippen molar-refractivity contribution in [2.75, 3.05) is 33.4 Å². The molecule has 4 rings (SSSR count). The van der Waals surface area contributed by atoms with E-state index in [0.29, 0.717) is 0 Å². The second kappa shape index (κ2) is 11.5. The van der Waals surface area contributed by atoms with Gasteiger partial charge in [0.1, 0.15) is 6.04 Å². The molecule has 1 fully saturated rings. The van der Waals surface area contributed by atoms with Crippen LogP contribution in [0.3, 0.4) is 0 Å². The van der Waals surface area contributed by atoms with Crippen molar-refractivity contribution in [3.05, 3.63) is 93.7 Å². The molecule has 0 aliphatic carbocycles. The molecule has 1 amide bonds. The van der Waals surface area contributed by atoms with Crippen molar-refractivity contribution in [1.82, 2.24) is 19.8 Å². The van der Waals surface area contributed by atoms with Crippen LogP contribution in [0.25, 0.3) is 0 Å². The van der Waals surface area contributed by atoms with Gasteiger partial charge in [0.2, 0.25) is 5.91 Å². The SMILES string of the molecule is CNC(=O)C(Cc1ccc(C#Cc2ccc(CN3CCOCC3)cc2)cc1)n1cncc(O)c1=O. The number of nitrogens with zero attached hydrogens (tertiary/aromatic N) is 3. The fourth-order valence-electron chi connectivity index (χ4n) is 3.92. The van der Waals surface area contributed by atoms with Crippen LogP contribution in [0.4, 0.5) is 0 Å². The standard InChI is InChI=1S/C27H28N4O4/c1-28-26(33)24(31-19-29-17-25(32)27(31)34)16-22-8-4-20(5-9-22)2-3-21-6-10-23(11-7-21)18-30-12-14-35-15-13-30/h4-11,17,19,24,32H,12-16,18H2,1H3,(H,28,33). The maximum Gasteiger partial charge on any atom is 0.296 e. The molecule has 0 bridgehead atoms. The zero-order chi connectivity index (χ0) is 24.6.